The molecule has 6 aliphatic rings. The van der Waals surface area contributed by atoms with Crippen molar-refractivity contribution in [2.45, 2.75) is 134 Å². The van der Waals surface area contributed by atoms with Gasteiger partial charge in [0.1, 0.15) is 17.8 Å². The summed E-state index contributed by atoms with van der Waals surface area (Å²) in [5.74, 6) is 0.840. The van der Waals surface area contributed by atoms with Gasteiger partial charge in [-0.2, -0.15) is 0 Å². The zero-order valence-electron chi connectivity index (χ0n) is 42.3. The molecule has 6 N–H and O–H groups in total. The number of carbonyl (C=O) groups is 3. The van der Waals surface area contributed by atoms with E-state index in [1.807, 2.05) is 88.1 Å². The summed E-state index contributed by atoms with van der Waals surface area (Å²) in [6.07, 6.45) is 11.5. The van der Waals surface area contributed by atoms with Crippen LogP contribution in [-0.4, -0.2) is 132 Å². The van der Waals surface area contributed by atoms with E-state index >= 15 is 0 Å². The van der Waals surface area contributed by atoms with Crippen LogP contribution in [-0.2, 0) is 20.9 Å². The van der Waals surface area contributed by atoms with E-state index in [2.05, 4.69) is 40.5 Å². The van der Waals surface area contributed by atoms with Gasteiger partial charge in [0.15, 0.2) is 5.82 Å². The first kappa shape index (κ1) is 49.0. The predicted octanol–water partition coefficient (Wildman–Crippen LogP) is 6.06. The fraction of sp³-hybridized carbons (Fsp3) is 0.527. The number of nitrogens with one attached hydrogen (secondary N) is 2. The number of fused-ring (bicyclic) bond motifs is 2. The van der Waals surface area contributed by atoms with E-state index in [-0.39, 0.29) is 59.9 Å². The van der Waals surface area contributed by atoms with E-state index in [9.17, 15) is 24.6 Å². The van der Waals surface area contributed by atoms with Crippen LogP contribution in [0.3, 0.4) is 0 Å². The van der Waals surface area contributed by atoms with Crippen molar-refractivity contribution in [2.24, 2.45) is 16.7 Å². The van der Waals surface area contributed by atoms with E-state index in [1.165, 1.54) is 10.5 Å². The van der Waals surface area contributed by atoms with Crippen molar-refractivity contribution >= 4 is 46.5 Å². The molecule has 2 aliphatic carbocycles. The number of aliphatic hydroxyl groups excluding tert-OH is 1. The topological polar surface area (TPSA) is 219 Å². The smallest absolute Gasteiger partial charge is 0.246 e. The second kappa shape index (κ2) is 19.6. The second-order valence-corrected chi connectivity index (χ2v) is 23.7. The lowest BCUT2D eigenvalue weighted by molar-refractivity contribution is -0.150. The number of nitrogens with zero attached hydrogens (tertiary/aromatic N) is 9. The van der Waals surface area contributed by atoms with Crippen LogP contribution in [0.1, 0.15) is 101 Å². The zero-order valence-corrected chi connectivity index (χ0v) is 43.1. The molecule has 4 saturated heterocycles. The summed E-state index contributed by atoms with van der Waals surface area (Å²) in [7, 11) is 0. The molecule has 5 aromatic rings. The number of aliphatic hydroxyl groups is 1. The molecule has 7 heterocycles. The van der Waals surface area contributed by atoms with Crippen molar-refractivity contribution in [3.05, 3.63) is 89.3 Å². The first-order valence-corrected chi connectivity index (χ1v) is 27.0. The van der Waals surface area contributed by atoms with Crippen molar-refractivity contribution in [1.29, 1.82) is 0 Å². The van der Waals surface area contributed by atoms with Crippen LogP contribution >= 0.6 is 11.3 Å². The van der Waals surface area contributed by atoms with E-state index < -0.39 is 23.6 Å². The van der Waals surface area contributed by atoms with E-state index in [0.29, 0.717) is 35.6 Å². The van der Waals surface area contributed by atoms with Gasteiger partial charge in [0.05, 0.1) is 33.6 Å². The van der Waals surface area contributed by atoms with E-state index in [4.69, 9.17) is 15.7 Å². The standard InChI is InChI=1S/C55H68N12O5S/c1-32-47(73-31-60-32)35-11-9-33(10-12-35)25-57-51(71)45-19-41(68)30-66(45)52(72)48(54(2,3)4)61-50(70)36-21-55(22-36)23-40(24-55)64-17-15-34(16-18-64)37-26-58-53(59-27-37)67-38-13-14-39(67)29-65(28-38)44-20-43(62-63-49(44)56)42-7-5-6-8-46(42)69/h5-12,20,26-27,31,34,36,38-41,45,48,68-69H,13-19,21-25,28-30H2,1-4H3,(H2,56,63)(H,57,71)(H,61,70)/t36?,38?,39?,40?,41-,45+,48-,55?/m1/s1. The molecule has 3 aromatic heterocycles. The van der Waals surface area contributed by atoms with Gasteiger partial charge in [-0.05, 0) is 123 Å². The summed E-state index contributed by atoms with van der Waals surface area (Å²) in [4.78, 5) is 66.0. The number of likely N-dealkylation sites (tertiary alicyclic amines) is 2. The van der Waals surface area contributed by atoms with Gasteiger partial charge in [-0.15, -0.1) is 21.5 Å². The van der Waals surface area contributed by atoms with Gasteiger partial charge in [-0.25, -0.2) is 15.0 Å². The molecule has 0 radical (unpaired) electrons. The molecule has 4 aliphatic heterocycles. The van der Waals surface area contributed by atoms with Crippen LogP contribution in [0.15, 0.2) is 72.5 Å². The van der Waals surface area contributed by atoms with Crippen molar-refractivity contribution < 1.29 is 24.6 Å². The number of nitrogens with two attached hydrogens (primary N) is 1. The highest BCUT2D eigenvalue weighted by Crippen LogP contribution is 2.60. The van der Waals surface area contributed by atoms with Crippen molar-refractivity contribution in [2.75, 3.05) is 48.3 Å². The molecule has 2 saturated carbocycles. The summed E-state index contributed by atoms with van der Waals surface area (Å²) in [5, 5.41) is 35.8. The molecular weight excluding hydrogens is 941 g/mol. The third-order valence-corrected chi connectivity index (χ3v) is 17.9. The maximum Gasteiger partial charge on any atom is 0.246 e. The Bertz CT molecular complexity index is 2820. The number of anilines is 3. The van der Waals surface area contributed by atoms with Crippen LogP contribution in [0, 0.1) is 23.7 Å². The van der Waals surface area contributed by atoms with E-state index in [1.54, 1.807) is 23.5 Å². The van der Waals surface area contributed by atoms with Gasteiger partial charge in [-0.1, -0.05) is 57.2 Å². The highest BCUT2D eigenvalue weighted by Gasteiger charge is 2.57. The van der Waals surface area contributed by atoms with Gasteiger partial charge < -0.3 is 46.2 Å². The molecule has 6 fully saturated rings. The Morgan fingerprint density at radius 1 is 0.877 bits per heavy atom. The molecule has 18 heteroatoms. The zero-order chi connectivity index (χ0) is 50.8. The Labute approximate surface area is 431 Å². The fourth-order valence-corrected chi connectivity index (χ4v) is 13.7. The van der Waals surface area contributed by atoms with Gasteiger partial charge in [0, 0.05) is 74.6 Å². The van der Waals surface area contributed by atoms with Crippen LogP contribution in [0.25, 0.3) is 21.7 Å². The summed E-state index contributed by atoms with van der Waals surface area (Å²) in [6.45, 7) is 11.7. The monoisotopic (exact) mass is 1010 g/mol. The average Bonchev–Trinajstić information content (AvgIpc) is 4.05. The Hall–Kier alpha value is -6.24. The molecule has 384 valence electrons. The van der Waals surface area contributed by atoms with Crippen LogP contribution in [0.2, 0.25) is 0 Å². The number of piperidine rings is 1. The summed E-state index contributed by atoms with van der Waals surface area (Å²) >= 11 is 1.59. The number of nitrogen functional groups attached to an aromatic ring is 1. The minimum atomic E-state index is -0.841. The van der Waals surface area contributed by atoms with E-state index in [0.717, 1.165) is 111 Å². The number of thiazole rings is 1. The average molecular weight is 1010 g/mol. The quantitative estimate of drug-likeness (QED) is 0.0961. The number of carbonyl (C=O) groups excluding carboxylic acids is 3. The van der Waals surface area contributed by atoms with Crippen LogP contribution in [0.4, 0.5) is 17.5 Å². The van der Waals surface area contributed by atoms with Crippen molar-refractivity contribution in [3.8, 4) is 27.4 Å². The lowest BCUT2D eigenvalue weighted by Gasteiger charge is -2.60. The molecule has 3 amide bonds. The molecule has 11 rings (SSSR count). The number of phenols is 1. The Morgan fingerprint density at radius 3 is 2.23 bits per heavy atom. The predicted molar refractivity (Wildman–Crippen MR) is 280 cm³/mol. The number of piperazine rings is 1. The lowest BCUT2D eigenvalue weighted by Crippen LogP contribution is -2.62. The van der Waals surface area contributed by atoms with Crippen molar-refractivity contribution in [1.82, 2.24) is 45.6 Å². The Morgan fingerprint density at radius 2 is 1.58 bits per heavy atom. The van der Waals surface area contributed by atoms with Gasteiger partial charge in [-0.3, -0.25) is 14.4 Å². The molecular formula is C55H68N12O5S. The number of benzene rings is 2. The maximum atomic E-state index is 14.3. The number of rotatable bonds is 12. The summed E-state index contributed by atoms with van der Waals surface area (Å²) in [5.41, 5.74) is 14.0. The number of aryl methyl sites for hydroxylation is 1. The first-order valence-electron chi connectivity index (χ1n) is 26.2. The number of aromatic nitrogens is 5. The largest absolute Gasteiger partial charge is 0.507 e. The number of hydrogen-bond acceptors (Lipinski definition) is 15. The number of amides is 3. The fourth-order valence-electron chi connectivity index (χ4n) is 12.9. The second-order valence-electron chi connectivity index (χ2n) is 22.9. The molecule has 1 spiro atoms. The lowest BCUT2D eigenvalue weighted by atomic mass is 9.49. The first-order chi connectivity index (χ1) is 35.1. The molecule has 2 bridgehead atoms. The number of phenolic OH excluding ortho intramolecular Hbond substituents is 1. The molecule has 2 aromatic carbocycles. The molecule has 5 atom stereocenters. The third kappa shape index (κ3) is 9.73. The Kier molecular flexibility index (Phi) is 13.1. The van der Waals surface area contributed by atoms with Gasteiger partial charge in [0.25, 0.3) is 0 Å². The normalized spacial score (nSPS) is 26.6. The summed E-state index contributed by atoms with van der Waals surface area (Å²) < 4.78 is 0. The third-order valence-electron chi connectivity index (χ3n) is 17.0. The minimum absolute atomic E-state index is 0.0438. The van der Waals surface area contributed by atoms with Crippen LogP contribution in [0.5, 0.6) is 5.75 Å². The van der Waals surface area contributed by atoms with Crippen molar-refractivity contribution in [3.63, 3.8) is 0 Å². The highest BCUT2D eigenvalue weighted by molar-refractivity contribution is 7.13. The number of hydrogen-bond donors (Lipinski definition) is 5. The molecule has 73 heavy (non-hydrogen) atoms. The number of aromatic hydroxyl groups is 1. The van der Waals surface area contributed by atoms with Gasteiger partial charge >= 0.3 is 0 Å². The minimum Gasteiger partial charge on any atom is -0.507 e. The number of β-amino-alcohol motifs (C(OH)–C–C–N with tert-alkyl or cyclic N) is 1. The molecule has 17 nitrogen and oxygen atoms in total. The highest BCUT2D eigenvalue weighted by atomic mass is 32.1. The Balaban J connectivity index is 0.631. The summed E-state index contributed by atoms with van der Waals surface area (Å²) in [6, 6.07) is 16.4. The number of para-hydroxylation sites is 1. The molecule has 2 unspecified atom stereocenters. The SMILES string of the molecule is Cc1ncsc1-c1ccc(CNC(=O)[C@@H]2C[C@@H](O)CN2C(=O)[C@@H](NC(=O)C2CC3(C2)CC(N2CCC(c4cnc(N5C6CCC5CN(c5cc(-c7ccccc7O)nnc5N)C6)nc4)CC2)C3)C(C)(C)C)cc1. The maximum absolute atomic E-state index is 14.3. The van der Waals surface area contributed by atoms with Gasteiger partial charge in [0.2, 0.25) is 23.7 Å². The van der Waals surface area contributed by atoms with Crippen LogP contribution < -0.4 is 26.2 Å².